The van der Waals surface area contributed by atoms with E-state index < -0.39 is 18.0 Å². The molecule has 1 aromatic heterocycles. The fraction of sp³-hybridized carbons (Fsp3) is 0.100. The first kappa shape index (κ1) is 17.9. The molecule has 2 N–H and O–H groups in total. The number of amides is 1. The highest BCUT2D eigenvalue weighted by Crippen LogP contribution is 2.18. The standard InChI is InChI=1S/C20H16N4O3/c1-13(19(25)22-16-9-5-6-14(10-16)12-21)27-20(26)18-11-17(23-24-18)15-7-3-2-4-8-15/h2-11,13H,1H3,(H,22,25)(H,23,24)/t13-/m0/s1. The zero-order valence-electron chi connectivity index (χ0n) is 14.5. The highest BCUT2D eigenvalue weighted by atomic mass is 16.5. The minimum atomic E-state index is -1.02. The molecule has 0 radical (unpaired) electrons. The maximum atomic E-state index is 12.2. The summed E-state index contributed by atoms with van der Waals surface area (Å²) in [7, 11) is 0. The van der Waals surface area contributed by atoms with Crippen LogP contribution in [0.4, 0.5) is 5.69 Å². The van der Waals surface area contributed by atoms with E-state index in [0.717, 1.165) is 5.56 Å². The lowest BCUT2D eigenvalue weighted by atomic mass is 10.1. The number of nitrogens with zero attached hydrogens (tertiary/aromatic N) is 2. The number of hydrogen-bond donors (Lipinski definition) is 2. The van der Waals surface area contributed by atoms with Gasteiger partial charge in [0.15, 0.2) is 6.10 Å². The number of carbonyl (C=O) groups is 2. The van der Waals surface area contributed by atoms with Gasteiger partial charge in [-0.15, -0.1) is 0 Å². The maximum absolute atomic E-state index is 12.2. The molecule has 1 atom stereocenters. The SMILES string of the molecule is C[C@H](OC(=O)c1cc(-c2ccccc2)n[nH]1)C(=O)Nc1cccc(C#N)c1. The van der Waals surface area contributed by atoms with Gasteiger partial charge in [0.1, 0.15) is 5.69 Å². The number of ether oxygens (including phenoxy) is 1. The molecule has 0 fully saturated rings. The van der Waals surface area contributed by atoms with Crippen molar-refractivity contribution in [2.45, 2.75) is 13.0 Å². The van der Waals surface area contributed by atoms with Crippen molar-refractivity contribution < 1.29 is 14.3 Å². The van der Waals surface area contributed by atoms with E-state index in [0.29, 0.717) is 16.9 Å². The number of rotatable bonds is 5. The Balaban J connectivity index is 1.62. The Kier molecular flexibility index (Phi) is 5.28. The lowest BCUT2D eigenvalue weighted by molar-refractivity contribution is -0.123. The molecule has 27 heavy (non-hydrogen) atoms. The van der Waals surface area contributed by atoms with Gasteiger partial charge in [-0.25, -0.2) is 4.79 Å². The van der Waals surface area contributed by atoms with E-state index >= 15 is 0 Å². The number of carbonyl (C=O) groups excluding carboxylic acids is 2. The summed E-state index contributed by atoms with van der Waals surface area (Å²) in [5, 5.41) is 18.2. The Bertz CT molecular complexity index is 1010. The summed E-state index contributed by atoms with van der Waals surface area (Å²) in [6.07, 6.45) is -1.02. The van der Waals surface area contributed by atoms with Crippen LogP contribution in [0.25, 0.3) is 11.3 Å². The second kappa shape index (κ2) is 7.97. The fourth-order valence-corrected chi connectivity index (χ4v) is 2.37. The first-order valence-corrected chi connectivity index (χ1v) is 8.19. The van der Waals surface area contributed by atoms with Crippen LogP contribution in [0.2, 0.25) is 0 Å². The molecular weight excluding hydrogens is 344 g/mol. The zero-order valence-corrected chi connectivity index (χ0v) is 14.5. The van der Waals surface area contributed by atoms with Gasteiger partial charge >= 0.3 is 5.97 Å². The summed E-state index contributed by atoms with van der Waals surface area (Å²) in [6.45, 7) is 1.47. The van der Waals surface area contributed by atoms with Crippen LogP contribution in [0.1, 0.15) is 23.0 Å². The van der Waals surface area contributed by atoms with E-state index in [1.165, 1.54) is 13.0 Å². The number of aromatic amines is 1. The van der Waals surface area contributed by atoms with E-state index in [2.05, 4.69) is 15.5 Å². The van der Waals surface area contributed by atoms with Crippen LogP contribution in [0.3, 0.4) is 0 Å². The van der Waals surface area contributed by atoms with E-state index in [4.69, 9.17) is 10.00 Å². The van der Waals surface area contributed by atoms with Crippen LogP contribution in [-0.4, -0.2) is 28.2 Å². The number of aromatic nitrogens is 2. The number of nitriles is 1. The largest absolute Gasteiger partial charge is 0.448 e. The van der Waals surface area contributed by atoms with Crippen molar-refractivity contribution in [2.75, 3.05) is 5.32 Å². The Labute approximate surface area is 155 Å². The predicted octanol–water partition coefficient (Wildman–Crippen LogP) is 3.13. The smallest absolute Gasteiger partial charge is 0.357 e. The molecule has 0 unspecified atom stereocenters. The Morgan fingerprint density at radius 2 is 1.93 bits per heavy atom. The molecule has 0 bridgehead atoms. The first-order chi connectivity index (χ1) is 13.1. The van der Waals surface area contributed by atoms with Crippen LogP contribution in [0.5, 0.6) is 0 Å². The molecule has 3 aromatic rings. The van der Waals surface area contributed by atoms with Gasteiger partial charge in [-0.3, -0.25) is 9.89 Å². The molecule has 1 amide bonds. The Morgan fingerprint density at radius 1 is 1.15 bits per heavy atom. The second-order valence-corrected chi connectivity index (χ2v) is 5.76. The number of nitrogens with one attached hydrogen (secondary N) is 2. The second-order valence-electron chi connectivity index (χ2n) is 5.76. The topological polar surface area (TPSA) is 108 Å². The molecule has 0 saturated carbocycles. The van der Waals surface area contributed by atoms with Crippen molar-refractivity contribution in [3.05, 3.63) is 71.9 Å². The van der Waals surface area contributed by atoms with Crippen LogP contribution < -0.4 is 5.32 Å². The molecule has 0 spiro atoms. The van der Waals surface area contributed by atoms with E-state index in [1.807, 2.05) is 36.4 Å². The fourth-order valence-electron chi connectivity index (χ4n) is 2.37. The monoisotopic (exact) mass is 360 g/mol. The maximum Gasteiger partial charge on any atom is 0.357 e. The number of esters is 1. The van der Waals surface area contributed by atoms with Crippen molar-refractivity contribution in [1.29, 1.82) is 5.26 Å². The predicted molar refractivity (Wildman–Crippen MR) is 98.7 cm³/mol. The molecule has 7 heteroatoms. The molecule has 0 aliphatic carbocycles. The molecular formula is C20H16N4O3. The minimum Gasteiger partial charge on any atom is -0.448 e. The molecule has 134 valence electrons. The molecule has 2 aromatic carbocycles. The lowest BCUT2D eigenvalue weighted by Gasteiger charge is -2.13. The highest BCUT2D eigenvalue weighted by Gasteiger charge is 2.21. The van der Waals surface area contributed by atoms with E-state index in [-0.39, 0.29) is 5.69 Å². The summed E-state index contributed by atoms with van der Waals surface area (Å²) in [5.41, 5.74) is 2.49. The summed E-state index contributed by atoms with van der Waals surface area (Å²) in [6, 6.07) is 19.4. The number of anilines is 1. The number of benzene rings is 2. The van der Waals surface area contributed by atoms with Gasteiger partial charge in [0, 0.05) is 11.3 Å². The summed E-state index contributed by atoms with van der Waals surface area (Å²) < 4.78 is 5.19. The average molecular weight is 360 g/mol. The Hall–Kier alpha value is -3.92. The third-order valence-corrected chi connectivity index (χ3v) is 3.78. The highest BCUT2D eigenvalue weighted by molar-refractivity contribution is 5.97. The van der Waals surface area contributed by atoms with Crippen LogP contribution in [0.15, 0.2) is 60.7 Å². The molecule has 0 saturated heterocycles. The van der Waals surface area contributed by atoms with Crippen molar-refractivity contribution in [3.63, 3.8) is 0 Å². The van der Waals surface area contributed by atoms with Gasteiger partial charge in [0.2, 0.25) is 0 Å². The zero-order chi connectivity index (χ0) is 19.2. The number of H-pyrrole nitrogens is 1. The van der Waals surface area contributed by atoms with Crippen molar-refractivity contribution >= 4 is 17.6 Å². The van der Waals surface area contributed by atoms with Crippen molar-refractivity contribution in [3.8, 4) is 17.3 Å². The van der Waals surface area contributed by atoms with Crippen LogP contribution in [0, 0.1) is 11.3 Å². The summed E-state index contributed by atoms with van der Waals surface area (Å²) in [4.78, 5) is 24.4. The summed E-state index contributed by atoms with van der Waals surface area (Å²) >= 11 is 0. The van der Waals surface area contributed by atoms with Gasteiger partial charge in [-0.2, -0.15) is 10.4 Å². The Morgan fingerprint density at radius 3 is 2.67 bits per heavy atom. The van der Waals surface area contributed by atoms with Gasteiger partial charge in [0.25, 0.3) is 5.91 Å². The lowest BCUT2D eigenvalue weighted by Crippen LogP contribution is -2.30. The third kappa shape index (κ3) is 4.38. The van der Waals surface area contributed by atoms with Gasteiger partial charge < -0.3 is 10.1 Å². The molecule has 0 aliphatic heterocycles. The average Bonchev–Trinajstić information content (AvgIpc) is 3.19. The first-order valence-electron chi connectivity index (χ1n) is 8.19. The molecule has 3 rings (SSSR count). The number of hydrogen-bond acceptors (Lipinski definition) is 5. The molecule has 1 heterocycles. The van der Waals surface area contributed by atoms with Crippen LogP contribution >= 0.6 is 0 Å². The quantitative estimate of drug-likeness (QED) is 0.680. The third-order valence-electron chi connectivity index (χ3n) is 3.78. The van der Waals surface area contributed by atoms with E-state index in [1.54, 1.807) is 24.3 Å². The van der Waals surface area contributed by atoms with Crippen molar-refractivity contribution in [1.82, 2.24) is 10.2 Å². The van der Waals surface area contributed by atoms with Crippen molar-refractivity contribution in [2.24, 2.45) is 0 Å². The van der Waals surface area contributed by atoms with Gasteiger partial charge in [0.05, 0.1) is 17.3 Å². The molecule has 0 aliphatic rings. The normalized spacial score (nSPS) is 11.3. The van der Waals surface area contributed by atoms with E-state index in [9.17, 15) is 9.59 Å². The van der Waals surface area contributed by atoms with Gasteiger partial charge in [-0.05, 0) is 31.2 Å². The van der Waals surface area contributed by atoms with Gasteiger partial charge in [-0.1, -0.05) is 36.4 Å². The van der Waals surface area contributed by atoms with Crippen LogP contribution in [-0.2, 0) is 9.53 Å². The summed E-state index contributed by atoms with van der Waals surface area (Å²) in [5.74, 6) is -1.18. The minimum absolute atomic E-state index is 0.153. The molecule has 7 nitrogen and oxygen atoms in total.